The molecule has 0 unspecified atom stereocenters. The molecule has 6 heteroatoms. The summed E-state index contributed by atoms with van der Waals surface area (Å²) < 4.78 is 5.20. The molecule has 1 amide bonds. The largest absolute Gasteiger partial charge is 0.462 e. The summed E-state index contributed by atoms with van der Waals surface area (Å²) in [6.45, 7) is 7.13. The molecule has 2 aromatic carbocycles. The number of ether oxygens (including phenoxy) is 1. The molecule has 2 aliphatic heterocycles. The van der Waals surface area contributed by atoms with Gasteiger partial charge >= 0.3 is 5.97 Å². The van der Waals surface area contributed by atoms with Crippen LogP contribution in [0.1, 0.15) is 40.5 Å². The average molecular weight is 408 g/mol. The summed E-state index contributed by atoms with van der Waals surface area (Å²) in [5.74, 6) is -0.185. The van der Waals surface area contributed by atoms with Crippen molar-refractivity contribution in [3.8, 4) is 0 Å². The van der Waals surface area contributed by atoms with Crippen LogP contribution >= 0.6 is 0 Å². The number of anilines is 2. The van der Waals surface area contributed by atoms with Crippen molar-refractivity contribution in [2.24, 2.45) is 0 Å². The number of nitrogens with zero attached hydrogens (tertiary/aromatic N) is 3. The van der Waals surface area contributed by atoms with Gasteiger partial charge in [-0.25, -0.2) is 4.79 Å². The molecule has 2 aliphatic rings. The molecule has 0 saturated carbocycles. The van der Waals surface area contributed by atoms with Gasteiger partial charge in [-0.2, -0.15) is 0 Å². The number of piperazine rings is 1. The molecule has 30 heavy (non-hydrogen) atoms. The van der Waals surface area contributed by atoms with Crippen molar-refractivity contribution in [1.29, 1.82) is 0 Å². The van der Waals surface area contributed by atoms with Crippen molar-refractivity contribution in [1.82, 2.24) is 4.90 Å². The number of hydrogen-bond acceptors (Lipinski definition) is 5. The van der Waals surface area contributed by atoms with E-state index < -0.39 is 0 Å². The van der Waals surface area contributed by atoms with Crippen LogP contribution in [0.5, 0.6) is 0 Å². The van der Waals surface area contributed by atoms with Gasteiger partial charge in [0.05, 0.1) is 23.5 Å². The van der Waals surface area contributed by atoms with Crippen LogP contribution < -0.4 is 9.80 Å². The van der Waals surface area contributed by atoms with Crippen LogP contribution in [-0.2, 0) is 4.74 Å². The van der Waals surface area contributed by atoms with E-state index in [-0.39, 0.29) is 11.9 Å². The van der Waals surface area contributed by atoms with E-state index in [1.165, 1.54) is 12.8 Å². The summed E-state index contributed by atoms with van der Waals surface area (Å²) in [5, 5.41) is 0. The molecular formula is C24H29N3O3. The average Bonchev–Trinajstić information content (AvgIpc) is 3.34. The van der Waals surface area contributed by atoms with Crippen LogP contribution in [-0.4, -0.2) is 62.7 Å². The SMILES string of the molecule is CCOC(=O)c1ccc(N2CCN(C(=O)c3ccccc3)CC2)c(N2CCCC2)c1. The van der Waals surface area contributed by atoms with Crippen LogP contribution in [0.15, 0.2) is 48.5 Å². The van der Waals surface area contributed by atoms with Gasteiger partial charge in [0, 0.05) is 44.8 Å². The van der Waals surface area contributed by atoms with E-state index in [0.29, 0.717) is 25.3 Å². The van der Waals surface area contributed by atoms with E-state index in [4.69, 9.17) is 4.74 Å². The van der Waals surface area contributed by atoms with Gasteiger partial charge in [-0.1, -0.05) is 18.2 Å². The number of hydrogen-bond donors (Lipinski definition) is 0. The van der Waals surface area contributed by atoms with Crippen molar-refractivity contribution in [2.45, 2.75) is 19.8 Å². The minimum absolute atomic E-state index is 0.0904. The molecule has 2 fully saturated rings. The second-order valence-electron chi connectivity index (χ2n) is 7.76. The Balaban J connectivity index is 1.51. The maximum atomic E-state index is 12.7. The van der Waals surface area contributed by atoms with Crippen molar-refractivity contribution >= 4 is 23.3 Å². The molecule has 6 nitrogen and oxygen atoms in total. The zero-order valence-corrected chi connectivity index (χ0v) is 17.5. The Morgan fingerprint density at radius 3 is 2.13 bits per heavy atom. The Labute approximate surface area is 178 Å². The Hall–Kier alpha value is -3.02. The van der Waals surface area contributed by atoms with Crippen molar-refractivity contribution in [2.75, 3.05) is 55.7 Å². The molecule has 0 spiro atoms. The van der Waals surface area contributed by atoms with Gasteiger partial charge in [0.2, 0.25) is 0 Å². The molecular weight excluding hydrogens is 378 g/mol. The summed E-state index contributed by atoms with van der Waals surface area (Å²) in [4.78, 5) is 31.6. The maximum Gasteiger partial charge on any atom is 0.338 e. The van der Waals surface area contributed by atoms with Gasteiger partial charge in [-0.05, 0) is 50.1 Å². The number of amides is 1. The number of esters is 1. The van der Waals surface area contributed by atoms with Crippen molar-refractivity contribution in [3.05, 3.63) is 59.7 Å². The number of rotatable bonds is 5. The summed E-state index contributed by atoms with van der Waals surface area (Å²) in [5.41, 5.74) is 3.57. The molecule has 158 valence electrons. The Kier molecular flexibility index (Phi) is 6.21. The van der Waals surface area contributed by atoms with Crippen molar-refractivity contribution in [3.63, 3.8) is 0 Å². The summed E-state index contributed by atoms with van der Waals surface area (Å²) >= 11 is 0. The number of carbonyl (C=O) groups excluding carboxylic acids is 2. The second-order valence-corrected chi connectivity index (χ2v) is 7.76. The molecule has 0 atom stereocenters. The predicted molar refractivity (Wildman–Crippen MR) is 118 cm³/mol. The van der Waals surface area contributed by atoms with Gasteiger partial charge in [-0.3, -0.25) is 4.79 Å². The minimum atomic E-state index is -0.275. The zero-order chi connectivity index (χ0) is 20.9. The van der Waals surface area contributed by atoms with Crippen LogP contribution in [0.4, 0.5) is 11.4 Å². The van der Waals surface area contributed by atoms with Crippen molar-refractivity contribution < 1.29 is 14.3 Å². The third-order valence-corrected chi connectivity index (χ3v) is 5.86. The predicted octanol–water partition coefficient (Wildman–Crippen LogP) is 3.43. The van der Waals surface area contributed by atoms with E-state index in [2.05, 4.69) is 9.80 Å². The fourth-order valence-electron chi connectivity index (χ4n) is 4.26. The van der Waals surface area contributed by atoms with Gasteiger partial charge in [-0.15, -0.1) is 0 Å². The van der Waals surface area contributed by atoms with E-state index in [0.717, 1.165) is 43.1 Å². The highest BCUT2D eigenvalue weighted by Gasteiger charge is 2.26. The highest BCUT2D eigenvalue weighted by atomic mass is 16.5. The van der Waals surface area contributed by atoms with Gasteiger partial charge in [0.15, 0.2) is 0 Å². The fraction of sp³-hybridized carbons (Fsp3) is 0.417. The van der Waals surface area contributed by atoms with Gasteiger partial charge in [0.1, 0.15) is 0 Å². The summed E-state index contributed by atoms with van der Waals surface area (Å²) in [6, 6.07) is 15.3. The van der Waals surface area contributed by atoms with Crippen LogP contribution in [0.25, 0.3) is 0 Å². The molecule has 0 aromatic heterocycles. The molecule has 4 rings (SSSR count). The van der Waals surface area contributed by atoms with Gasteiger partial charge in [0.25, 0.3) is 5.91 Å². The Morgan fingerprint density at radius 1 is 0.800 bits per heavy atom. The molecule has 0 N–H and O–H groups in total. The molecule has 0 aliphatic carbocycles. The van der Waals surface area contributed by atoms with E-state index >= 15 is 0 Å². The summed E-state index contributed by atoms with van der Waals surface area (Å²) in [7, 11) is 0. The van der Waals surface area contributed by atoms with Crippen LogP contribution in [0.3, 0.4) is 0 Å². The van der Waals surface area contributed by atoms with E-state index in [1.807, 2.05) is 60.4 Å². The van der Waals surface area contributed by atoms with Crippen LogP contribution in [0.2, 0.25) is 0 Å². The molecule has 0 radical (unpaired) electrons. The molecule has 2 saturated heterocycles. The zero-order valence-electron chi connectivity index (χ0n) is 17.5. The van der Waals surface area contributed by atoms with Crippen LogP contribution in [0, 0.1) is 0 Å². The lowest BCUT2D eigenvalue weighted by Crippen LogP contribution is -2.49. The molecule has 0 bridgehead atoms. The third-order valence-electron chi connectivity index (χ3n) is 5.86. The molecule has 2 aromatic rings. The minimum Gasteiger partial charge on any atom is -0.462 e. The Bertz CT molecular complexity index is 886. The first kappa shape index (κ1) is 20.3. The molecule has 2 heterocycles. The maximum absolute atomic E-state index is 12.7. The second kappa shape index (κ2) is 9.20. The topological polar surface area (TPSA) is 53.1 Å². The fourth-order valence-corrected chi connectivity index (χ4v) is 4.26. The highest BCUT2D eigenvalue weighted by Crippen LogP contribution is 2.34. The summed E-state index contributed by atoms with van der Waals surface area (Å²) in [6.07, 6.45) is 2.34. The Morgan fingerprint density at radius 2 is 1.47 bits per heavy atom. The highest BCUT2D eigenvalue weighted by molar-refractivity contribution is 5.94. The lowest BCUT2D eigenvalue weighted by Gasteiger charge is -2.38. The first-order chi connectivity index (χ1) is 14.7. The van der Waals surface area contributed by atoms with E-state index in [9.17, 15) is 9.59 Å². The normalized spacial score (nSPS) is 16.6. The van der Waals surface area contributed by atoms with E-state index in [1.54, 1.807) is 0 Å². The lowest BCUT2D eigenvalue weighted by atomic mass is 10.1. The quantitative estimate of drug-likeness (QED) is 0.711. The third kappa shape index (κ3) is 4.27. The lowest BCUT2D eigenvalue weighted by molar-refractivity contribution is 0.0526. The monoisotopic (exact) mass is 407 g/mol. The number of carbonyl (C=O) groups is 2. The first-order valence-electron chi connectivity index (χ1n) is 10.8. The first-order valence-corrected chi connectivity index (χ1v) is 10.8. The number of benzene rings is 2. The smallest absolute Gasteiger partial charge is 0.338 e. The van der Waals surface area contributed by atoms with Gasteiger partial charge < -0.3 is 19.4 Å². The standard InChI is InChI=1S/C24H29N3O3/c1-2-30-24(29)20-10-11-21(22(18-20)25-12-6-7-13-25)26-14-16-27(17-15-26)23(28)19-8-4-3-5-9-19/h3-5,8-11,18H,2,6-7,12-17H2,1H3.